The van der Waals surface area contributed by atoms with Crippen molar-refractivity contribution in [1.82, 2.24) is 0 Å². The van der Waals surface area contributed by atoms with Crippen molar-refractivity contribution in [2.24, 2.45) is 34.0 Å². The average Bonchev–Trinajstić information content (AvgIpc) is 2.76. The van der Waals surface area contributed by atoms with Crippen LogP contribution in [0.15, 0.2) is 12.2 Å². The molecule has 4 aliphatic carbocycles. The van der Waals surface area contributed by atoms with Gasteiger partial charge in [-0.15, -0.1) is 0 Å². The maximum atomic E-state index is 13.6. The highest BCUT2D eigenvalue weighted by Crippen LogP contribution is 2.71. The molecular formula is C24H34O7. The van der Waals surface area contributed by atoms with Crippen LogP contribution >= 0.6 is 0 Å². The SMILES string of the molecule is C=C1C(=O)[C@]23[C@H](O)C[C@@H]4C(C)(C)CC[C@@H](OC(C)=O)[C@@]4(C)[C@H]2[C@@H](OC(C)=O)C[C@@H]1[C@H]3O. The third-order valence-corrected chi connectivity index (χ3v) is 9.12. The van der Waals surface area contributed by atoms with Gasteiger partial charge in [0.15, 0.2) is 5.78 Å². The van der Waals surface area contributed by atoms with Crippen LogP contribution < -0.4 is 0 Å². The van der Waals surface area contributed by atoms with E-state index in [0.717, 1.165) is 6.42 Å². The number of carbonyl (C=O) groups excluding carboxylic acids is 3. The predicted octanol–water partition coefficient (Wildman–Crippen LogP) is 2.18. The van der Waals surface area contributed by atoms with Crippen molar-refractivity contribution in [3.05, 3.63) is 12.2 Å². The molecular weight excluding hydrogens is 400 g/mol. The number of ether oxygens (including phenoxy) is 2. The highest BCUT2D eigenvalue weighted by atomic mass is 16.6. The number of ketones is 1. The lowest BCUT2D eigenvalue weighted by atomic mass is 9.38. The van der Waals surface area contributed by atoms with Crippen LogP contribution in [-0.2, 0) is 23.9 Å². The Morgan fingerprint density at radius 2 is 1.68 bits per heavy atom. The molecule has 172 valence electrons. The van der Waals surface area contributed by atoms with Gasteiger partial charge < -0.3 is 19.7 Å². The summed E-state index contributed by atoms with van der Waals surface area (Å²) in [6, 6.07) is 0. The van der Waals surface area contributed by atoms with Gasteiger partial charge in [0.25, 0.3) is 0 Å². The second-order valence-corrected chi connectivity index (χ2v) is 11.0. The van der Waals surface area contributed by atoms with Gasteiger partial charge in [-0.05, 0) is 42.6 Å². The molecule has 0 unspecified atom stereocenters. The van der Waals surface area contributed by atoms with Gasteiger partial charge in [-0.3, -0.25) is 14.4 Å². The summed E-state index contributed by atoms with van der Waals surface area (Å²) in [5.74, 6) is -2.60. The summed E-state index contributed by atoms with van der Waals surface area (Å²) in [7, 11) is 0. The molecule has 7 nitrogen and oxygen atoms in total. The number of fused-ring (bicyclic) bond motifs is 3. The van der Waals surface area contributed by atoms with E-state index >= 15 is 0 Å². The molecule has 4 fully saturated rings. The molecule has 0 amide bonds. The monoisotopic (exact) mass is 434 g/mol. The van der Waals surface area contributed by atoms with Crippen LogP contribution in [0, 0.1) is 34.0 Å². The van der Waals surface area contributed by atoms with Gasteiger partial charge in [0.2, 0.25) is 0 Å². The van der Waals surface area contributed by atoms with Crippen LogP contribution in [-0.4, -0.2) is 52.4 Å². The number of hydrogen-bond acceptors (Lipinski definition) is 7. The van der Waals surface area contributed by atoms with E-state index in [2.05, 4.69) is 20.4 Å². The Hall–Kier alpha value is -1.73. The summed E-state index contributed by atoms with van der Waals surface area (Å²) in [5, 5.41) is 22.8. The maximum absolute atomic E-state index is 13.6. The third kappa shape index (κ3) is 2.75. The Morgan fingerprint density at radius 1 is 1.06 bits per heavy atom. The Balaban J connectivity index is 1.97. The Kier molecular flexibility index (Phi) is 4.99. The van der Waals surface area contributed by atoms with Crippen molar-refractivity contribution < 1.29 is 34.1 Å². The molecule has 9 atom stereocenters. The fourth-order valence-corrected chi connectivity index (χ4v) is 8.04. The minimum atomic E-state index is -1.52. The normalized spacial score (nSPS) is 47.9. The fourth-order valence-electron chi connectivity index (χ4n) is 8.04. The van der Waals surface area contributed by atoms with Crippen LogP contribution in [0.3, 0.4) is 0 Å². The van der Waals surface area contributed by atoms with Crippen molar-refractivity contribution in [2.75, 3.05) is 0 Å². The number of Topliss-reactive ketones (excluding diaryl/α,β-unsaturated/α-hetero) is 1. The van der Waals surface area contributed by atoms with Crippen LogP contribution in [0.5, 0.6) is 0 Å². The number of carbonyl (C=O) groups is 3. The van der Waals surface area contributed by atoms with Gasteiger partial charge in [-0.2, -0.15) is 0 Å². The molecule has 0 radical (unpaired) electrons. The first kappa shape index (κ1) is 22.5. The van der Waals surface area contributed by atoms with E-state index in [-0.39, 0.29) is 29.1 Å². The highest BCUT2D eigenvalue weighted by Gasteiger charge is 2.78. The van der Waals surface area contributed by atoms with Crippen molar-refractivity contribution >= 4 is 17.7 Å². The van der Waals surface area contributed by atoms with Gasteiger partial charge in [0.05, 0.1) is 17.6 Å². The largest absolute Gasteiger partial charge is 0.462 e. The molecule has 0 aromatic heterocycles. The van der Waals surface area contributed by atoms with Crippen LogP contribution in [0.25, 0.3) is 0 Å². The van der Waals surface area contributed by atoms with E-state index in [9.17, 15) is 24.6 Å². The molecule has 0 heterocycles. The summed E-state index contributed by atoms with van der Waals surface area (Å²) in [4.78, 5) is 37.7. The number of rotatable bonds is 2. The minimum Gasteiger partial charge on any atom is -0.462 e. The zero-order valence-corrected chi connectivity index (χ0v) is 19.0. The second-order valence-electron chi connectivity index (χ2n) is 11.0. The van der Waals surface area contributed by atoms with Gasteiger partial charge in [-0.25, -0.2) is 0 Å². The van der Waals surface area contributed by atoms with Crippen LogP contribution in [0.4, 0.5) is 0 Å². The van der Waals surface area contributed by atoms with E-state index in [1.54, 1.807) is 0 Å². The summed E-state index contributed by atoms with van der Waals surface area (Å²) in [6.45, 7) is 12.9. The number of esters is 2. The second kappa shape index (κ2) is 6.88. The third-order valence-electron chi connectivity index (χ3n) is 9.12. The van der Waals surface area contributed by atoms with E-state index in [1.807, 2.05) is 6.92 Å². The molecule has 4 rings (SSSR count). The average molecular weight is 435 g/mol. The molecule has 0 aromatic carbocycles. The van der Waals surface area contributed by atoms with E-state index in [4.69, 9.17) is 9.47 Å². The Bertz CT molecular complexity index is 847. The first-order chi connectivity index (χ1) is 14.3. The van der Waals surface area contributed by atoms with Crippen molar-refractivity contribution in [3.63, 3.8) is 0 Å². The summed E-state index contributed by atoms with van der Waals surface area (Å²) in [5.41, 5.74) is -2.21. The standard InChI is InChI=1S/C24H34O7/c1-11-14-9-15(30-12(2)25)19-23(6)16(10-17(27)24(19,20(11)28)21(14)29)22(4,5)8-7-18(23)31-13(3)26/h14-19,21,27,29H,1,7-10H2,2-6H3/t14-,15-,16+,17+,18+,19+,21+,23-,24-/m0/s1. The lowest BCUT2D eigenvalue weighted by molar-refractivity contribution is -0.279. The van der Waals surface area contributed by atoms with Crippen molar-refractivity contribution in [1.29, 1.82) is 0 Å². The van der Waals surface area contributed by atoms with Gasteiger partial charge in [-0.1, -0.05) is 27.4 Å². The van der Waals surface area contributed by atoms with Crippen LogP contribution in [0.2, 0.25) is 0 Å². The van der Waals surface area contributed by atoms with Crippen LogP contribution in [0.1, 0.15) is 60.3 Å². The molecule has 4 saturated carbocycles. The zero-order valence-electron chi connectivity index (χ0n) is 19.0. The predicted molar refractivity (Wildman–Crippen MR) is 111 cm³/mol. The molecule has 2 bridgehead atoms. The number of hydrogen-bond donors (Lipinski definition) is 2. The first-order valence-electron chi connectivity index (χ1n) is 11.2. The summed E-state index contributed by atoms with van der Waals surface area (Å²) < 4.78 is 11.6. The molecule has 0 aliphatic heterocycles. The Morgan fingerprint density at radius 3 is 2.26 bits per heavy atom. The van der Waals surface area contributed by atoms with Crippen molar-refractivity contribution in [3.8, 4) is 0 Å². The van der Waals surface area contributed by atoms with Gasteiger partial charge in [0.1, 0.15) is 12.2 Å². The molecule has 2 N–H and O–H groups in total. The van der Waals surface area contributed by atoms with Gasteiger partial charge in [0, 0.05) is 31.1 Å². The lowest BCUT2D eigenvalue weighted by Crippen LogP contribution is -2.73. The molecule has 31 heavy (non-hydrogen) atoms. The topological polar surface area (TPSA) is 110 Å². The zero-order chi connectivity index (χ0) is 23.1. The van der Waals surface area contributed by atoms with E-state index in [1.165, 1.54) is 13.8 Å². The lowest BCUT2D eigenvalue weighted by Gasteiger charge is -2.67. The number of aliphatic hydroxyl groups is 2. The Labute approximate surface area is 183 Å². The maximum Gasteiger partial charge on any atom is 0.302 e. The first-order valence-corrected chi connectivity index (χ1v) is 11.2. The van der Waals surface area contributed by atoms with E-state index in [0.29, 0.717) is 12.8 Å². The summed E-state index contributed by atoms with van der Waals surface area (Å²) in [6.07, 6.45) is -1.46. The highest BCUT2D eigenvalue weighted by molar-refractivity contribution is 6.04. The van der Waals surface area contributed by atoms with Gasteiger partial charge >= 0.3 is 11.9 Å². The molecule has 4 aliphatic rings. The number of aliphatic hydroxyl groups excluding tert-OH is 2. The molecule has 7 heteroatoms. The molecule has 1 spiro atoms. The quantitative estimate of drug-likeness (QED) is 0.506. The minimum absolute atomic E-state index is 0.104. The molecule has 0 aromatic rings. The molecule has 0 saturated heterocycles. The van der Waals surface area contributed by atoms with E-state index < -0.39 is 59.0 Å². The fraction of sp³-hybridized carbons (Fsp3) is 0.792. The van der Waals surface area contributed by atoms with Crippen molar-refractivity contribution in [2.45, 2.75) is 84.7 Å². The smallest absolute Gasteiger partial charge is 0.302 e. The summed E-state index contributed by atoms with van der Waals surface area (Å²) >= 11 is 0.